The number of unbranched alkanes of at least 4 members (excludes halogenated alkanes) is 2. The molecule has 1 rings (SSSR count). The Bertz CT molecular complexity index is 436. The third kappa shape index (κ3) is 6.80. The number of benzene rings is 1. The van der Waals surface area contributed by atoms with Crippen LogP contribution in [0.25, 0.3) is 0 Å². The van der Waals surface area contributed by atoms with Gasteiger partial charge in [-0.05, 0) is 40.9 Å². The predicted octanol–water partition coefficient (Wildman–Crippen LogP) is 4.70. The molecule has 1 aromatic carbocycles. The van der Waals surface area contributed by atoms with Crippen LogP contribution in [0.2, 0.25) is 0 Å². The molecule has 1 aromatic rings. The molecule has 4 heteroatoms. The maximum absolute atomic E-state index is 11.6. The smallest absolute Gasteiger partial charge is 0.241 e. The molecule has 98 valence electrons. The SMILES string of the molecule is CCCCCC(Br)=C=CS(=O)Oc1ccccc1. The van der Waals surface area contributed by atoms with Gasteiger partial charge in [0.25, 0.3) is 0 Å². The number of rotatable bonds is 7. The van der Waals surface area contributed by atoms with Crippen molar-refractivity contribution in [3.8, 4) is 5.75 Å². The van der Waals surface area contributed by atoms with Gasteiger partial charge in [-0.1, -0.05) is 43.7 Å². The Morgan fingerprint density at radius 3 is 2.78 bits per heavy atom. The molecule has 2 nitrogen and oxygen atoms in total. The highest BCUT2D eigenvalue weighted by Gasteiger charge is 1.97. The van der Waals surface area contributed by atoms with Gasteiger partial charge in [0, 0.05) is 4.48 Å². The average Bonchev–Trinajstić information content (AvgIpc) is 2.38. The average molecular weight is 329 g/mol. The molecule has 0 saturated heterocycles. The van der Waals surface area contributed by atoms with Gasteiger partial charge >= 0.3 is 0 Å². The Hall–Kier alpha value is -0.830. The second-order valence-electron chi connectivity index (χ2n) is 3.78. The Balaban J connectivity index is 2.45. The summed E-state index contributed by atoms with van der Waals surface area (Å²) in [5.41, 5.74) is 2.94. The van der Waals surface area contributed by atoms with Crippen LogP contribution in [-0.4, -0.2) is 4.21 Å². The molecule has 0 saturated carbocycles. The van der Waals surface area contributed by atoms with Crippen LogP contribution in [0, 0.1) is 0 Å². The number of halogens is 1. The van der Waals surface area contributed by atoms with Crippen LogP contribution < -0.4 is 4.18 Å². The Morgan fingerprint density at radius 1 is 1.39 bits per heavy atom. The third-order valence-corrected chi connectivity index (χ3v) is 3.53. The first-order valence-corrected chi connectivity index (χ1v) is 7.90. The second-order valence-corrected chi connectivity index (χ2v) is 5.66. The van der Waals surface area contributed by atoms with Crippen LogP contribution in [0.1, 0.15) is 32.6 Å². The zero-order valence-corrected chi connectivity index (χ0v) is 12.8. The van der Waals surface area contributed by atoms with Crippen molar-refractivity contribution in [2.75, 3.05) is 0 Å². The highest BCUT2D eigenvalue weighted by atomic mass is 79.9. The number of hydrogen-bond acceptors (Lipinski definition) is 2. The molecule has 0 spiro atoms. The number of allylic oxidation sites excluding steroid dienone is 1. The molecule has 18 heavy (non-hydrogen) atoms. The summed E-state index contributed by atoms with van der Waals surface area (Å²) in [6.45, 7) is 2.16. The van der Waals surface area contributed by atoms with Gasteiger partial charge in [0.15, 0.2) is 0 Å². The molecule has 0 N–H and O–H groups in total. The fraction of sp³-hybridized carbons (Fsp3) is 0.357. The molecule has 0 fully saturated rings. The van der Waals surface area contributed by atoms with Crippen molar-refractivity contribution in [3.05, 3.63) is 46.0 Å². The first kappa shape index (κ1) is 15.2. The van der Waals surface area contributed by atoms with Crippen molar-refractivity contribution in [2.45, 2.75) is 32.6 Å². The van der Waals surface area contributed by atoms with Crippen molar-refractivity contribution >= 4 is 27.0 Å². The van der Waals surface area contributed by atoms with Gasteiger partial charge < -0.3 is 4.18 Å². The van der Waals surface area contributed by atoms with E-state index in [1.165, 1.54) is 18.2 Å². The summed E-state index contributed by atoms with van der Waals surface area (Å²) in [5.74, 6) is 0.594. The molecule has 0 radical (unpaired) electrons. The lowest BCUT2D eigenvalue weighted by Gasteiger charge is -1.99. The van der Waals surface area contributed by atoms with Crippen LogP contribution in [0.5, 0.6) is 5.75 Å². The summed E-state index contributed by atoms with van der Waals surface area (Å²) < 4.78 is 17.7. The van der Waals surface area contributed by atoms with Crippen molar-refractivity contribution in [2.24, 2.45) is 0 Å². The van der Waals surface area contributed by atoms with Crippen molar-refractivity contribution in [1.29, 1.82) is 0 Å². The Kier molecular flexibility index (Phi) is 7.74. The minimum Gasteiger partial charge on any atom is -0.397 e. The van der Waals surface area contributed by atoms with Gasteiger partial charge in [0.1, 0.15) is 5.75 Å². The van der Waals surface area contributed by atoms with E-state index >= 15 is 0 Å². The molecular formula is C14H17BrO2S. The van der Waals surface area contributed by atoms with Crippen LogP contribution in [0.3, 0.4) is 0 Å². The van der Waals surface area contributed by atoms with Crippen LogP contribution >= 0.6 is 15.9 Å². The summed E-state index contributed by atoms with van der Waals surface area (Å²) in [7, 11) is 0. The topological polar surface area (TPSA) is 26.3 Å². The van der Waals surface area contributed by atoms with Gasteiger partial charge in [0.05, 0.1) is 5.41 Å². The fourth-order valence-corrected chi connectivity index (χ4v) is 2.44. The maximum Gasteiger partial charge on any atom is 0.241 e. The largest absolute Gasteiger partial charge is 0.397 e. The van der Waals surface area contributed by atoms with E-state index in [9.17, 15) is 4.21 Å². The van der Waals surface area contributed by atoms with E-state index in [-0.39, 0.29) is 0 Å². The zero-order valence-electron chi connectivity index (χ0n) is 10.4. The van der Waals surface area contributed by atoms with E-state index in [2.05, 4.69) is 28.6 Å². The van der Waals surface area contributed by atoms with Gasteiger partial charge in [0.2, 0.25) is 11.1 Å². The fourth-order valence-electron chi connectivity index (χ4n) is 1.31. The van der Waals surface area contributed by atoms with E-state index in [0.717, 1.165) is 17.3 Å². The van der Waals surface area contributed by atoms with Crippen molar-refractivity contribution < 1.29 is 8.39 Å². The van der Waals surface area contributed by atoms with Gasteiger partial charge in [-0.3, -0.25) is 0 Å². The Labute approximate surface area is 120 Å². The summed E-state index contributed by atoms with van der Waals surface area (Å²) in [6, 6.07) is 9.10. The van der Waals surface area contributed by atoms with E-state index in [0.29, 0.717) is 5.75 Å². The van der Waals surface area contributed by atoms with Crippen LogP contribution in [-0.2, 0) is 11.1 Å². The standard InChI is InChI=1S/C14H17BrO2S/c1-2-3-5-8-13(15)11-12-18(16)17-14-9-6-4-7-10-14/h4,6-7,9-10,12H,2-3,5,8H2,1H3. The molecule has 0 aliphatic rings. The summed E-state index contributed by atoms with van der Waals surface area (Å²) in [4.78, 5) is 0. The van der Waals surface area contributed by atoms with Crippen molar-refractivity contribution in [3.63, 3.8) is 0 Å². The van der Waals surface area contributed by atoms with E-state index in [1.807, 2.05) is 18.2 Å². The molecule has 1 atom stereocenters. The zero-order chi connectivity index (χ0) is 13.2. The van der Waals surface area contributed by atoms with Crippen molar-refractivity contribution in [1.82, 2.24) is 0 Å². The van der Waals surface area contributed by atoms with E-state index in [4.69, 9.17) is 4.18 Å². The summed E-state index contributed by atoms with van der Waals surface area (Å²) in [6.07, 6.45) is 4.42. The number of hydrogen-bond donors (Lipinski definition) is 0. The van der Waals surface area contributed by atoms with Gasteiger partial charge in [-0.25, -0.2) is 4.21 Å². The van der Waals surface area contributed by atoms with Gasteiger partial charge in [-0.2, -0.15) is 0 Å². The quantitative estimate of drug-likeness (QED) is 0.535. The lowest BCUT2D eigenvalue weighted by atomic mass is 10.2. The van der Waals surface area contributed by atoms with E-state index < -0.39 is 11.1 Å². The van der Waals surface area contributed by atoms with E-state index in [1.54, 1.807) is 12.1 Å². The second kappa shape index (κ2) is 9.15. The Morgan fingerprint density at radius 2 is 2.11 bits per heavy atom. The highest BCUT2D eigenvalue weighted by Crippen LogP contribution is 2.14. The molecule has 1 unspecified atom stereocenters. The molecule has 0 bridgehead atoms. The van der Waals surface area contributed by atoms with Gasteiger partial charge in [-0.15, -0.1) is 0 Å². The molecule has 0 aromatic heterocycles. The molecule has 0 aliphatic heterocycles. The lowest BCUT2D eigenvalue weighted by molar-refractivity contribution is 0.571. The molecule has 0 aliphatic carbocycles. The minimum atomic E-state index is -1.49. The highest BCUT2D eigenvalue weighted by molar-refractivity contribution is 9.11. The number of para-hydroxylation sites is 1. The maximum atomic E-state index is 11.6. The summed E-state index contributed by atoms with van der Waals surface area (Å²) in [5, 5.41) is 1.43. The lowest BCUT2D eigenvalue weighted by Crippen LogP contribution is -1.94. The van der Waals surface area contributed by atoms with Crippen LogP contribution in [0.4, 0.5) is 0 Å². The third-order valence-electron chi connectivity index (χ3n) is 2.23. The van der Waals surface area contributed by atoms with Crippen LogP contribution in [0.15, 0.2) is 46.0 Å². The summed E-state index contributed by atoms with van der Waals surface area (Å²) >= 11 is 1.92. The molecular weight excluding hydrogens is 312 g/mol. The monoisotopic (exact) mass is 328 g/mol. The first-order valence-electron chi connectivity index (χ1n) is 5.97. The molecule has 0 heterocycles. The predicted molar refractivity (Wildman–Crippen MR) is 79.9 cm³/mol. The first-order chi connectivity index (χ1) is 8.72. The normalized spacial score (nSPS) is 11.4. The molecule has 0 amide bonds. The minimum absolute atomic E-state index is 0.594.